The normalized spacial score (nSPS) is 50.7. The first kappa shape index (κ1) is 5.69. The summed E-state index contributed by atoms with van der Waals surface area (Å²) in [4.78, 5) is 2.33. The second-order valence-corrected chi connectivity index (χ2v) is 3.11. The van der Waals surface area contributed by atoms with Gasteiger partial charge in [0, 0.05) is 6.04 Å². The van der Waals surface area contributed by atoms with Gasteiger partial charge in [-0.1, -0.05) is 0 Å². The summed E-state index contributed by atoms with van der Waals surface area (Å²) in [6, 6.07) is 0.656. The molecule has 2 heteroatoms. The summed E-state index contributed by atoms with van der Waals surface area (Å²) >= 11 is 0. The third kappa shape index (κ3) is 0.634. The average molecular weight is 127 g/mol. The van der Waals surface area contributed by atoms with Crippen LogP contribution in [-0.4, -0.2) is 30.3 Å². The van der Waals surface area contributed by atoms with Crippen LogP contribution in [-0.2, 0) is 4.74 Å². The molecule has 0 spiro atoms. The smallest absolute Gasteiger partial charge is 0.111 e. The van der Waals surface area contributed by atoms with Crippen molar-refractivity contribution in [1.29, 1.82) is 0 Å². The third-order valence-electron chi connectivity index (χ3n) is 2.66. The van der Waals surface area contributed by atoms with E-state index in [-0.39, 0.29) is 0 Å². The van der Waals surface area contributed by atoms with E-state index in [2.05, 4.69) is 18.9 Å². The number of ether oxygens (including phenoxy) is 1. The molecule has 2 heterocycles. The molecule has 0 N–H and O–H groups in total. The molecule has 52 valence electrons. The quantitative estimate of drug-likeness (QED) is 0.478. The Morgan fingerprint density at radius 2 is 2.22 bits per heavy atom. The van der Waals surface area contributed by atoms with Gasteiger partial charge in [0.15, 0.2) is 0 Å². The van der Waals surface area contributed by atoms with Crippen LogP contribution in [0, 0.1) is 0 Å². The number of piperidine rings is 1. The van der Waals surface area contributed by atoms with E-state index >= 15 is 0 Å². The van der Waals surface area contributed by atoms with Crippen molar-refractivity contribution >= 4 is 0 Å². The van der Waals surface area contributed by atoms with Crippen LogP contribution in [0.2, 0.25) is 0 Å². The molecule has 9 heavy (non-hydrogen) atoms. The fourth-order valence-electron chi connectivity index (χ4n) is 1.82. The fraction of sp³-hybridized carbons (Fsp3) is 1.00. The van der Waals surface area contributed by atoms with E-state index < -0.39 is 0 Å². The topological polar surface area (TPSA) is 12.5 Å². The lowest BCUT2D eigenvalue weighted by atomic mass is 10.0. The van der Waals surface area contributed by atoms with Crippen LogP contribution in [0.3, 0.4) is 0 Å². The molecule has 0 aromatic carbocycles. The second kappa shape index (κ2) is 1.70. The summed E-state index contributed by atoms with van der Waals surface area (Å²) in [5.41, 5.74) is 0. The monoisotopic (exact) mass is 127 g/mol. The molecule has 2 saturated heterocycles. The summed E-state index contributed by atoms with van der Waals surface area (Å²) in [7, 11) is 2.15. The summed E-state index contributed by atoms with van der Waals surface area (Å²) in [6.45, 7) is 2.24. The summed E-state index contributed by atoms with van der Waals surface area (Å²) in [5.74, 6) is 0. The van der Waals surface area contributed by atoms with Gasteiger partial charge in [-0.15, -0.1) is 0 Å². The first-order chi connectivity index (χ1) is 4.29. The Morgan fingerprint density at radius 1 is 1.44 bits per heavy atom. The Hall–Kier alpha value is -0.0800. The standard InChI is InChI=1S/C7H13NO/c1-5-6-3-4-7(9-6)8(5)2/h5-7H,3-4H2,1-2H3/t5?,6-,7+/m1/s1. The minimum Gasteiger partial charge on any atom is -0.358 e. The largest absolute Gasteiger partial charge is 0.358 e. The molecular weight excluding hydrogens is 114 g/mol. The van der Waals surface area contributed by atoms with Crippen molar-refractivity contribution in [1.82, 2.24) is 4.90 Å². The molecule has 0 radical (unpaired) electrons. The summed E-state index contributed by atoms with van der Waals surface area (Å²) < 4.78 is 5.62. The molecule has 3 atom stereocenters. The first-order valence-corrected chi connectivity index (χ1v) is 3.66. The molecule has 0 amide bonds. The highest BCUT2D eigenvalue weighted by Gasteiger charge is 2.42. The van der Waals surface area contributed by atoms with E-state index in [1.807, 2.05) is 0 Å². The Kier molecular flexibility index (Phi) is 1.08. The summed E-state index contributed by atoms with van der Waals surface area (Å²) in [5, 5.41) is 0. The molecule has 0 saturated carbocycles. The lowest BCUT2D eigenvalue weighted by Gasteiger charge is -2.24. The number of hydrogen-bond acceptors (Lipinski definition) is 2. The van der Waals surface area contributed by atoms with Crippen molar-refractivity contribution in [3.63, 3.8) is 0 Å². The first-order valence-electron chi connectivity index (χ1n) is 3.66. The van der Waals surface area contributed by atoms with Crippen LogP contribution in [0.1, 0.15) is 19.8 Å². The zero-order valence-electron chi connectivity index (χ0n) is 6.00. The van der Waals surface area contributed by atoms with Gasteiger partial charge in [-0.05, 0) is 26.8 Å². The minimum absolute atomic E-state index is 0.449. The van der Waals surface area contributed by atoms with E-state index in [1.165, 1.54) is 12.8 Å². The van der Waals surface area contributed by atoms with Crippen LogP contribution >= 0.6 is 0 Å². The Labute approximate surface area is 55.8 Å². The average Bonchev–Trinajstić information content (AvgIpc) is 2.37. The highest BCUT2D eigenvalue weighted by atomic mass is 16.5. The van der Waals surface area contributed by atoms with Gasteiger partial charge in [0.25, 0.3) is 0 Å². The lowest BCUT2D eigenvalue weighted by molar-refractivity contribution is 0.0584. The van der Waals surface area contributed by atoms with Gasteiger partial charge in [0.05, 0.1) is 6.10 Å². The van der Waals surface area contributed by atoms with Crippen LogP contribution in [0.5, 0.6) is 0 Å². The molecule has 2 rings (SSSR count). The number of fused-ring (bicyclic) bond motifs is 2. The van der Waals surface area contributed by atoms with Gasteiger partial charge >= 0.3 is 0 Å². The van der Waals surface area contributed by atoms with E-state index in [9.17, 15) is 0 Å². The predicted molar refractivity (Wildman–Crippen MR) is 35.1 cm³/mol. The SMILES string of the molecule is CC1[C@H]2CC[C@H](O2)N1C. The maximum absolute atomic E-state index is 5.62. The van der Waals surface area contributed by atoms with Crippen molar-refractivity contribution < 1.29 is 4.74 Å². The van der Waals surface area contributed by atoms with Crippen molar-refractivity contribution in [2.75, 3.05) is 7.05 Å². The molecule has 2 bridgehead atoms. The van der Waals surface area contributed by atoms with Crippen LogP contribution in [0.4, 0.5) is 0 Å². The van der Waals surface area contributed by atoms with Crippen LogP contribution < -0.4 is 0 Å². The van der Waals surface area contributed by atoms with E-state index in [0.717, 1.165) is 0 Å². The zero-order chi connectivity index (χ0) is 6.43. The number of nitrogens with zero attached hydrogens (tertiary/aromatic N) is 1. The summed E-state index contributed by atoms with van der Waals surface area (Å²) in [6.07, 6.45) is 3.51. The lowest BCUT2D eigenvalue weighted by Crippen LogP contribution is -2.36. The van der Waals surface area contributed by atoms with Gasteiger partial charge < -0.3 is 4.74 Å². The number of rotatable bonds is 0. The Balaban J connectivity index is 2.15. The van der Waals surface area contributed by atoms with Crippen molar-refractivity contribution in [2.24, 2.45) is 0 Å². The van der Waals surface area contributed by atoms with Gasteiger partial charge in [-0.3, -0.25) is 4.90 Å². The molecule has 2 aliphatic heterocycles. The molecule has 0 aliphatic carbocycles. The van der Waals surface area contributed by atoms with Gasteiger partial charge in [-0.2, -0.15) is 0 Å². The van der Waals surface area contributed by atoms with Crippen molar-refractivity contribution in [2.45, 2.75) is 38.1 Å². The molecule has 2 fully saturated rings. The zero-order valence-corrected chi connectivity index (χ0v) is 6.00. The fourth-order valence-corrected chi connectivity index (χ4v) is 1.82. The molecule has 0 aromatic heterocycles. The maximum Gasteiger partial charge on any atom is 0.111 e. The highest BCUT2D eigenvalue weighted by molar-refractivity contribution is 4.90. The second-order valence-electron chi connectivity index (χ2n) is 3.11. The van der Waals surface area contributed by atoms with E-state index in [0.29, 0.717) is 18.4 Å². The number of likely N-dealkylation sites (N-methyl/N-ethyl adjacent to an activating group) is 1. The Morgan fingerprint density at radius 3 is 2.56 bits per heavy atom. The Bertz CT molecular complexity index is 108. The van der Waals surface area contributed by atoms with Gasteiger partial charge in [0.1, 0.15) is 6.23 Å². The highest BCUT2D eigenvalue weighted by Crippen LogP contribution is 2.34. The third-order valence-corrected chi connectivity index (χ3v) is 2.66. The van der Waals surface area contributed by atoms with Crippen LogP contribution in [0.25, 0.3) is 0 Å². The molecule has 0 aromatic rings. The van der Waals surface area contributed by atoms with Gasteiger partial charge in [0.2, 0.25) is 0 Å². The van der Waals surface area contributed by atoms with Crippen molar-refractivity contribution in [3.05, 3.63) is 0 Å². The maximum atomic E-state index is 5.62. The van der Waals surface area contributed by atoms with E-state index in [1.54, 1.807) is 0 Å². The molecular formula is C7H13NO. The van der Waals surface area contributed by atoms with Crippen LogP contribution in [0.15, 0.2) is 0 Å². The van der Waals surface area contributed by atoms with Gasteiger partial charge in [-0.25, -0.2) is 0 Å². The molecule has 2 nitrogen and oxygen atoms in total. The predicted octanol–water partition coefficient (Wildman–Crippen LogP) is 0.825. The molecule has 2 aliphatic rings. The molecule has 1 unspecified atom stereocenters. The number of likely N-dealkylation sites (tertiary alicyclic amines) is 1. The minimum atomic E-state index is 0.449. The van der Waals surface area contributed by atoms with Crippen molar-refractivity contribution in [3.8, 4) is 0 Å². The van der Waals surface area contributed by atoms with E-state index in [4.69, 9.17) is 4.74 Å². The number of hydrogen-bond donors (Lipinski definition) is 0.